The van der Waals surface area contributed by atoms with Gasteiger partial charge in [-0.3, -0.25) is 4.79 Å². The van der Waals surface area contributed by atoms with Crippen molar-refractivity contribution in [2.45, 2.75) is 6.92 Å². The molecule has 5 heteroatoms. The van der Waals surface area contributed by atoms with Gasteiger partial charge in [-0.1, -0.05) is 0 Å². The molecule has 5 nitrogen and oxygen atoms in total. The smallest absolute Gasteiger partial charge is 0.155 e. The summed E-state index contributed by atoms with van der Waals surface area (Å²) in [6.07, 6.45) is 0.690. The lowest BCUT2D eigenvalue weighted by atomic mass is 10.5. The van der Waals surface area contributed by atoms with Crippen molar-refractivity contribution in [2.24, 2.45) is 0 Å². The highest BCUT2D eigenvalue weighted by Gasteiger charge is 1.93. The van der Waals surface area contributed by atoms with Gasteiger partial charge in [0.2, 0.25) is 0 Å². The van der Waals surface area contributed by atoms with E-state index in [1.54, 1.807) is 0 Å². The summed E-state index contributed by atoms with van der Waals surface area (Å²) in [6.45, 7) is 3.34. The highest BCUT2D eigenvalue weighted by atomic mass is 16.5. The van der Waals surface area contributed by atoms with Crippen molar-refractivity contribution in [2.75, 3.05) is 39.6 Å². The monoisotopic (exact) mass is 204 g/mol. The maximum absolute atomic E-state index is 10.4. The first-order valence-corrected chi connectivity index (χ1v) is 4.43. The number of carbonyl (C=O) groups is 2. The molecule has 0 radical (unpaired) electrons. The summed E-state index contributed by atoms with van der Waals surface area (Å²) in [5, 5.41) is 0. The van der Waals surface area contributed by atoms with Gasteiger partial charge in [0.15, 0.2) is 5.78 Å². The predicted molar refractivity (Wildman–Crippen MR) is 49.2 cm³/mol. The van der Waals surface area contributed by atoms with Crippen molar-refractivity contribution in [3.05, 3.63) is 0 Å². The van der Waals surface area contributed by atoms with Gasteiger partial charge in [-0.15, -0.1) is 0 Å². The first-order valence-electron chi connectivity index (χ1n) is 4.43. The minimum atomic E-state index is -0.000633. The van der Waals surface area contributed by atoms with Crippen LogP contribution in [0.1, 0.15) is 6.92 Å². The molecule has 0 aliphatic rings. The molecule has 82 valence electrons. The summed E-state index contributed by atoms with van der Waals surface area (Å²) in [6, 6.07) is 0. The molecule has 0 N–H and O–H groups in total. The summed E-state index contributed by atoms with van der Waals surface area (Å²) < 4.78 is 14.9. The van der Waals surface area contributed by atoms with Gasteiger partial charge in [0.05, 0.1) is 26.4 Å². The van der Waals surface area contributed by atoms with Gasteiger partial charge in [0.25, 0.3) is 0 Å². The second-order valence-electron chi connectivity index (χ2n) is 2.61. The lowest BCUT2D eigenvalue weighted by Crippen LogP contribution is -2.12. The molecule has 0 aliphatic heterocycles. The molecule has 0 heterocycles. The van der Waals surface area contributed by atoms with E-state index in [0.717, 1.165) is 0 Å². The molecule has 0 spiro atoms. The topological polar surface area (TPSA) is 61.8 Å². The van der Waals surface area contributed by atoms with Crippen molar-refractivity contribution in [1.29, 1.82) is 0 Å². The zero-order valence-corrected chi connectivity index (χ0v) is 8.36. The molecule has 0 amide bonds. The van der Waals surface area contributed by atoms with E-state index in [1.165, 1.54) is 6.92 Å². The van der Waals surface area contributed by atoms with Crippen LogP contribution in [0.15, 0.2) is 0 Å². The Morgan fingerprint density at radius 1 is 1.07 bits per heavy atom. The van der Waals surface area contributed by atoms with Gasteiger partial charge in [0, 0.05) is 0 Å². The van der Waals surface area contributed by atoms with Crippen LogP contribution in [0.25, 0.3) is 0 Å². The molecule has 0 bridgehead atoms. The lowest BCUT2D eigenvalue weighted by molar-refractivity contribution is -0.122. The van der Waals surface area contributed by atoms with Gasteiger partial charge in [0.1, 0.15) is 19.5 Å². The minimum absolute atomic E-state index is 0.000633. The molecule has 0 rings (SSSR count). The van der Waals surface area contributed by atoms with Crippen molar-refractivity contribution in [3.8, 4) is 0 Å². The third-order valence-corrected chi connectivity index (χ3v) is 1.24. The summed E-state index contributed by atoms with van der Waals surface area (Å²) >= 11 is 0. The fraction of sp³-hybridized carbons (Fsp3) is 0.778. The number of aldehydes is 1. The van der Waals surface area contributed by atoms with Crippen LogP contribution in [-0.4, -0.2) is 51.7 Å². The van der Waals surface area contributed by atoms with Crippen LogP contribution in [0.3, 0.4) is 0 Å². The largest absolute Gasteiger partial charge is 0.377 e. The van der Waals surface area contributed by atoms with Crippen molar-refractivity contribution < 1.29 is 23.8 Å². The molecule has 0 aliphatic carbocycles. The molecule has 0 fully saturated rings. The average Bonchev–Trinajstić information content (AvgIpc) is 2.15. The number of hydrogen-bond donors (Lipinski definition) is 0. The van der Waals surface area contributed by atoms with E-state index in [1.807, 2.05) is 0 Å². The Hall–Kier alpha value is -0.780. The van der Waals surface area contributed by atoms with Crippen LogP contribution < -0.4 is 0 Å². The molecule has 0 saturated carbocycles. The quantitative estimate of drug-likeness (QED) is 0.365. The number of carbonyl (C=O) groups excluding carboxylic acids is 2. The number of ether oxygens (including phenoxy) is 3. The predicted octanol–water partition coefficient (Wildman–Crippen LogP) is -0.176. The van der Waals surface area contributed by atoms with Gasteiger partial charge >= 0.3 is 0 Å². The molecule has 0 saturated heterocycles. The van der Waals surface area contributed by atoms with Crippen LogP contribution in [-0.2, 0) is 23.8 Å². The number of rotatable bonds is 10. The Morgan fingerprint density at radius 3 is 2.21 bits per heavy atom. The van der Waals surface area contributed by atoms with Crippen LogP contribution in [0.2, 0.25) is 0 Å². The van der Waals surface area contributed by atoms with Crippen LogP contribution in [0.5, 0.6) is 0 Å². The Morgan fingerprint density at radius 2 is 1.64 bits per heavy atom. The average molecular weight is 204 g/mol. The molecule has 0 aromatic heterocycles. The standard InChI is InChI=1S/C9H16O5/c1-9(11)8-14-7-6-13-5-4-12-3-2-10/h2H,3-8H2,1H3. The second kappa shape index (κ2) is 10.3. The van der Waals surface area contributed by atoms with E-state index >= 15 is 0 Å². The Labute approximate surface area is 83.3 Å². The Balaban J connectivity index is 2.92. The van der Waals surface area contributed by atoms with Crippen molar-refractivity contribution in [1.82, 2.24) is 0 Å². The molecule has 0 aromatic carbocycles. The summed E-state index contributed by atoms with van der Waals surface area (Å²) in [5.74, 6) is -0.000633. The first-order chi connectivity index (χ1) is 6.77. The molecule has 0 atom stereocenters. The summed E-state index contributed by atoms with van der Waals surface area (Å²) in [5.41, 5.74) is 0. The van der Waals surface area contributed by atoms with Gasteiger partial charge in [-0.05, 0) is 6.92 Å². The SMILES string of the molecule is CC(=O)COCCOCCOCC=O. The zero-order valence-electron chi connectivity index (χ0n) is 8.36. The third-order valence-electron chi connectivity index (χ3n) is 1.24. The van der Waals surface area contributed by atoms with E-state index in [0.29, 0.717) is 32.7 Å². The second-order valence-corrected chi connectivity index (χ2v) is 2.61. The van der Waals surface area contributed by atoms with Crippen molar-refractivity contribution in [3.63, 3.8) is 0 Å². The van der Waals surface area contributed by atoms with Crippen LogP contribution in [0.4, 0.5) is 0 Å². The highest BCUT2D eigenvalue weighted by molar-refractivity contribution is 5.76. The Kier molecular flexibility index (Phi) is 9.73. The molecule has 14 heavy (non-hydrogen) atoms. The maximum atomic E-state index is 10.4. The number of hydrogen-bond acceptors (Lipinski definition) is 5. The van der Waals surface area contributed by atoms with E-state index in [9.17, 15) is 9.59 Å². The van der Waals surface area contributed by atoms with E-state index in [-0.39, 0.29) is 19.0 Å². The van der Waals surface area contributed by atoms with Crippen molar-refractivity contribution >= 4 is 12.1 Å². The molecular formula is C9H16O5. The van der Waals surface area contributed by atoms with E-state index < -0.39 is 0 Å². The fourth-order valence-electron chi connectivity index (χ4n) is 0.685. The fourth-order valence-corrected chi connectivity index (χ4v) is 0.685. The Bertz CT molecular complexity index is 157. The molecule has 0 unspecified atom stereocenters. The highest BCUT2D eigenvalue weighted by Crippen LogP contribution is 1.81. The zero-order chi connectivity index (χ0) is 10.6. The van der Waals surface area contributed by atoms with Crippen LogP contribution >= 0.6 is 0 Å². The van der Waals surface area contributed by atoms with Crippen LogP contribution in [0, 0.1) is 0 Å². The number of ketones is 1. The molecule has 0 aromatic rings. The van der Waals surface area contributed by atoms with E-state index in [4.69, 9.17) is 14.2 Å². The maximum Gasteiger partial charge on any atom is 0.155 e. The van der Waals surface area contributed by atoms with E-state index in [2.05, 4.69) is 0 Å². The van der Waals surface area contributed by atoms with Gasteiger partial charge in [-0.2, -0.15) is 0 Å². The van der Waals surface area contributed by atoms with Gasteiger partial charge < -0.3 is 19.0 Å². The third kappa shape index (κ3) is 11.2. The summed E-state index contributed by atoms with van der Waals surface area (Å²) in [7, 11) is 0. The number of Topliss-reactive ketones (excluding diaryl/α,β-unsaturated/α-hetero) is 1. The van der Waals surface area contributed by atoms with Gasteiger partial charge in [-0.25, -0.2) is 0 Å². The normalized spacial score (nSPS) is 10.1. The first kappa shape index (κ1) is 13.2. The molecular weight excluding hydrogens is 188 g/mol. The minimum Gasteiger partial charge on any atom is -0.377 e. The summed E-state index contributed by atoms with van der Waals surface area (Å²) in [4.78, 5) is 20.3. The lowest BCUT2D eigenvalue weighted by Gasteiger charge is -2.04.